The first kappa shape index (κ1) is 51.3. The number of thioether (sulfide) groups is 1. The zero-order chi connectivity index (χ0) is 44.8. The molecule has 0 saturated carbocycles. The number of hydrogen-bond acceptors (Lipinski definition) is 11. The van der Waals surface area contributed by atoms with Gasteiger partial charge in [-0.15, -0.1) is 0 Å². The highest BCUT2D eigenvalue weighted by molar-refractivity contribution is 8.05. The van der Waals surface area contributed by atoms with Gasteiger partial charge in [0, 0.05) is 42.1 Å². The minimum absolute atomic E-state index is 0.0483. The summed E-state index contributed by atoms with van der Waals surface area (Å²) in [5.41, 5.74) is 1.77. The molecule has 0 aliphatic carbocycles. The van der Waals surface area contributed by atoms with Gasteiger partial charge in [0.25, 0.3) is 5.69 Å². The Hall–Kier alpha value is -4.09. The molecule has 0 unspecified atom stereocenters. The zero-order valence-corrected chi connectivity index (χ0v) is 38.2. The van der Waals surface area contributed by atoms with Gasteiger partial charge in [-0.25, -0.2) is 13.2 Å². The van der Waals surface area contributed by atoms with Crippen molar-refractivity contribution < 1.29 is 45.7 Å². The Bertz CT molecular complexity index is 1870. The van der Waals surface area contributed by atoms with E-state index < -0.39 is 45.3 Å². The highest BCUT2D eigenvalue weighted by Gasteiger charge is 2.57. The lowest BCUT2D eigenvalue weighted by Gasteiger charge is -2.45. The van der Waals surface area contributed by atoms with E-state index in [1.165, 1.54) is 157 Å². The fourth-order valence-corrected chi connectivity index (χ4v) is 9.00. The smallest absolute Gasteiger partial charge is 0.356 e. The monoisotopic (exact) mass is 886 g/mol. The van der Waals surface area contributed by atoms with Crippen molar-refractivity contribution in [2.75, 3.05) is 20.6 Å². The van der Waals surface area contributed by atoms with E-state index in [2.05, 4.69) is 60.9 Å². The minimum atomic E-state index is -5.04. The molecule has 0 aromatic heterocycles. The van der Waals surface area contributed by atoms with Crippen LogP contribution in [0.1, 0.15) is 128 Å². The van der Waals surface area contributed by atoms with Crippen molar-refractivity contribution in [3.8, 4) is 0 Å². The summed E-state index contributed by atoms with van der Waals surface area (Å²) in [4.78, 5) is 48.6. The fraction of sp³-hybridized carbons (Fsp3) is 0.578. The average Bonchev–Trinajstić information content (AvgIpc) is 3.52. The van der Waals surface area contributed by atoms with E-state index in [-0.39, 0.29) is 30.3 Å². The third-order valence-corrected chi connectivity index (χ3v) is 12.2. The zero-order valence-electron chi connectivity index (χ0n) is 36.6. The van der Waals surface area contributed by atoms with Crippen molar-refractivity contribution in [3.05, 3.63) is 98.0 Å². The number of quaternary nitrogens is 1. The topological polar surface area (TPSA) is 185 Å². The second kappa shape index (κ2) is 26.4. The van der Waals surface area contributed by atoms with Crippen molar-refractivity contribution in [2.24, 2.45) is 5.92 Å². The molecule has 2 amide bonds. The van der Waals surface area contributed by atoms with Crippen molar-refractivity contribution in [1.29, 1.82) is 0 Å². The SMILES string of the molecule is CC(=O)N/C=C/SC1=C(C(=O)OCc2ccc([N+](=O)[O-])cc2)N2C(=O)[C@@H]([C@H](C)OS(=O)(=O)[O-])[C@H]2C1.CCCCCCCCCCCCCCCC[N+](C)(C)Cc1ccccc1. The Balaban J connectivity index is 0.000000341. The van der Waals surface area contributed by atoms with Gasteiger partial charge in [0.15, 0.2) is 0 Å². The van der Waals surface area contributed by atoms with Gasteiger partial charge in [-0.3, -0.25) is 23.9 Å². The summed E-state index contributed by atoms with van der Waals surface area (Å²) in [7, 11) is -0.298. The second-order valence-corrected chi connectivity index (χ2v) is 18.5. The van der Waals surface area contributed by atoms with E-state index in [4.69, 9.17) is 4.74 Å². The lowest BCUT2D eigenvalue weighted by molar-refractivity contribution is -0.903. The number of carbonyl (C=O) groups is 3. The number of hydrogen-bond donors (Lipinski definition) is 1. The molecule has 1 N–H and O–H groups in total. The van der Waals surface area contributed by atoms with Crippen molar-refractivity contribution in [1.82, 2.24) is 10.2 Å². The fourth-order valence-electron chi connectivity index (χ4n) is 7.65. The molecule has 2 heterocycles. The number of nitrogens with one attached hydrogen (secondary N) is 1. The Morgan fingerprint density at radius 2 is 1.48 bits per heavy atom. The Kier molecular flexibility index (Phi) is 22.2. The number of carbonyl (C=O) groups excluding carboxylic acids is 3. The highest BCUT2D eigenvalue weighted by Crippen LogP contribution is 2.48. The molecule has 61 heavy (non-hydrogen) atoms. The summed E-state index contributed by atoms with van der Waals surface area (Å²) in [6.07, 6.45) is 20.5. The van der Waals surface area contributed by atoms with E-state index in [1.807, 2.05) is 0 Å². The molecule has 1 saturated heterocycles. The molecular formula is C45H66N4O10S2. The van der Waals surface area contributed by atoms with Crippen LogP contribution in [0.4, 0.5) is 5.69 Å². The number of ether oxygens (including phenoxy) is 1. The maximum absolute atomic E-state index is 12.9. The van der Waals surface area contributed by atoms with Gasteiger partial charge in [-0.05, 0) is 42.9 Å². The lowest BCUT2D eigenvalue weighted by Crippen LogP contribution is -2.62. The van der Waals surface area contributed by atoms with Crippen LogP contribution in [-0.2, 0) is 46.9 Å². The predicted octanol–water partition coefficient (Wildman–Crippen LogP) is 9.03. The molecule has 1 fully saturated rings. The first-order chi connectivity index (χ1) is 29.0. The number of unbranched alkanes of at least 4 members (excludes halogenated alkanes) is 13. The van der Waals surface area contributed by atoms with Crippen molar-refractivity contribution >= 4 is 45.6 Å². The molecule has 0 radical (unpaired) electrons. The summed E-state index contributed by atoms with van der Waals surface area (Å²) in [6, 6.07) is 15.7. The second-order valence-electron chi connectivity index (χ2n) is 16.5. The molecule has 14 nitrogen and oxygen atoms in total. The van der Waals surface area contributed by atoms with Gasteiger partial charge in [-0.1, -0.05) is 126 Å². The maximum atomic E-state index is 12.9. The largest absolute Gasteiger partial charge is 0.726 e. The molecule has 338 valence electrons. The van der Waals surface area contributed by atoms with Gasteiger partial charge in [-0.2, -0.15) is 0 Å². The summed E-state index contributed by atoms with van der Waals surface area (Å²) >= 11 is 1.06. The maximum Gasteiger partial charge on any atom is 0.356 e. The van der Waals surface area contributed by atoms with Crippen LogP contribution in [0.5, 0.6) is 0 Å². The van der Waals surface area contributed by atoms with Crippen LogP contribution in [0.3, 0.4) is 0 Å². The Morgan fingerprint density at radius 3 is 2.00 bits per heavy atom. The number of nitro benzene ring substituents is 1. The number of nitrogens with zero attached hydrogens (tertiary/aromatic N) is 3. The van der Waals surface area contributed by atoms with Crippen LogP contribution in [0.2, 0.25) is 0 Å². The summed E-state index contributed by atoms with van der Waals surface area (Å²) < 4.78 is 43.7. The van der Waals surface area contributed by atoms with Crippen LogP contribution in [0.25, 0.3) is 0 Å². The number of benzene rings is 2. The number of nitro groups is 1. The van der Waals surface area contributed by atoms with E-state index in [1.54, 1.807) is 0 Å². The first-order valence-electron chi connectivity index (χ1n) is 21.6. The number of esters is 1. The quantitative estimate of drug-likeness (QED) is 0.0132. The number of rotatable bonds is 27. The van der Waals surface area contributed by atoms with Gasteiger partial charge in [0.1, 0.15) is 18.8 Å². The number of fused-ring (bicyclic) bond motifs is 1. The lowest BCUT2D eigenvalue weighted by atomic mass is 9.83. The molecular weight excluding hydrogens is 821 g/mol. The Labute approximate surface area is 367 Å². The van der Waals surface area contributed by atoms with Gasteiger partial charge < -0.3 is 24.0 Å². The highest BCUT2D eigenvalue weighted by atomic mass is 32.3. The van der Waals surface area contributed by atoms with Crippen LogP contribution in [0, 0.1) is 16.0 Å². The van der Waals surface area contributed by atoms with Gasteiger partial charge in [0.05, 0.1) is 43.6 Å². The number of non-ortho nitro benzene ring substituents is 1. The summed E-state index contributed by atoms with van der Waals surface area (Å²) in [6.45, 7) is 7.12. The van der Waals surface area contributed by atoms with E-state index >= 15 is 0 Å². The third kappa shape index (κ3) is 18.8. The summed E-state index contributed by atoms with van der Waals surface area (Å²) in [5, 5.41) is 14.7. The van der Waals surface area contributed by atoms with Crippen molar-refractivity contribution in [2.45, 2.75) is 142 Å². The molecule has 0 bridgehead atoms. The first-order valence-corrected chi connectivity index (χ1v) is 23.8. The molecule has 3 atom stereocenters. The normalized spacial score (nSPS) is 16.8. The molecule has 4 rings (SSSR count). The number of β-lactam (4-membered cyclic amide) rings is 1. The summed E-state index contributed by atoms with van der Waals surface area (Å²) in [5.74, 6) is -2.71. The minimum Gasteiger partial charge on any atom is -0.726 e. The number of amides is 2. The molecule has 0 spiro atoms. The molecule has 2 aliphatic heterocycles. The van der Waals surface area contributed by atoms with Crippen LogP contribution >= 0.6 is 11.8 Å². The predicted molar refractivity (Wildman–Crippen MR) is 237 cm³/mol. The van der Waals surface area contributed by atoms with Crippen LogP contribution < -0.4 is 5.32 Å². The molecule has 2 aliphatic rings. The van der Waals surface area contributed by atoms with E-state index in [0.29, 0.717) is 10.5 Å². The average molecular weight is 887 g/mol. The molecule has 2 aromatic carbocycles. The molecule has 16 heteroatoms. The molecule has 2 aromatic rings. The van der Waals surface area contributed by atoms with Crippen LogP contribution in [0.15, 0.2) is 76.8 Å². The van der Waals surface area contributed by atoms with Crippen LogP contribution in [-0.4, -0.2) is 77.8 Å². The van der Waals surface area contributed by atoms with Crippen molar-refractivity contribution in [3.63, 3.8) is 0 Å². The van der Waals surface area contributed by atoms with Gasteiger partial charge in [0.2, 0.25) is 22.2 Å². The third-order valence-electron chi connectivity index (χ3n) is 10.8. The Morgan fingerprint density at radius 1 is 0.918 bits per heavy atom. The standard InChI is InChI=1S/C25H46N.C20H21N3O10S2/c1-4-5-6-7-8-9-10-11-12-13-14-15-16-20-23-26(2,3)24-25-21-18-17-19-22-25;1-11(33-35(29,30)31)17-15-9-16(34-8-7-21-12(2)24)18(22(15)19(17)25)20(26)32-10-13-3-5-14(6-4-13)23(27)28/h17-19,21-22H,4-16,20,23-24H2,1-3H3;3-8,11,15,17H,9-10H2,1-2H3,(H,21,24)(H,29,30,31)/q+1;/p-1/b;8-7+/t;11-,15+,17-/m.0/s1. The van der Waals surface area contributed by atoms with Gasteiger partial charge >= 0.3 is 5.97 Å². The van der Waals surface area contributed by atoms with E-state index in [9.17, 15) is 37.5 Å². The van der Waals surface area contributed by atoms with E-state index in [0.717, 1.165) is 22.8 Å².